The smallest absolute Gasteiger partial charge is 0.167 e. The van der Waals surface area contributed by atoms with Crippen LogP contribution in [0.2, 0.25) is 1.41 Å². The van der Waals surface area contributed by atoms with Gasteiger partial charge in [-0.1, -0.05) is 66.7 Å². The average molecular weight is 244 g/mol. The molecule has 0 aliphatic rings. The van der Waals surface area contributed by atoms with Crippen LogP contribution in [0.3, 0.4) is 0 Å². The summed E-state index contributed by atoms with van der Waals surface area (Å²) in [4.78, 5) is 1.55. The number of nitrogens with one attached hydrogen (secondary N) is 1. The standard InChI is InChI=1S/C18H13N/c1-2-7-13(8-3-1)14-10-6-11-16-15-9-4-5-12-17(15)19-18(14)16/h1-12,19H/i/hD. The van der Waals surface area contributed by atoms with E-state index in [4.69, 9.17) is 1.41 Å². The van der Waals surface area contributed by atoms with Gasteiger partial charge >= 0.3 is 0 Å². The first-order valence-corrected chi connectivity index (χ1v) is 6.43. The van der Waals surface area contributed by atoms with Crippen molar-refractivity contribution in [2.45, 2.75) is 0 Å². The average Bonchev–Trinajstić information content (AvgIpc) is 2.82. The molecule has 0 radical (unpaired) electrons. The molecule has 0 amide bonds. The van der Waals surface area contributed by atoms with Crippen molar-refractivity contribution in [3.8, 4) is 11.1 Å². The number of rotatable bonds is 1. The molecule has 90 valence electrons. The summed E-state index contributed by atoms with van der Waals surface area (Å²) in [6.45, 7) is 0. The maximum absolute atomic E-state index is 8.42. The summed E-state index contributed by atoms with van der Waals surface area (Å²) in [6, 6.07) is 24.6. The molecule has 1 nitrogen and oxygen atoms in total. The van der Waals surface area contributed by atoms with Gasteiger partial charge in [-0.15, -0.1) is 0 Å². The van der Waals surface area contributed by atoms with Crippen molar-refractivity contribution in [3.63, 3.8) is 0 Å². The molecule has 0 spiro atoms. The van der Waals surface area contributed by atoms with E-state index in [1.807, 2.05) is 36.4 Å². The lowest BCUT2D eigenvalue weighted by Gasteiger charge is -2.03. The van der Waals surface area contributed by atoms with Crippen LogP contribution in [0, 0.1) is 0 Å². The molecule has 0 aliphatic carbocycles. The summed E-state index contributed by atoms with van der Waals surface area (Å²) < 4.78 is 8.42. The van der Waals surface area contributed by atoms with Gasteiger partial charge in [0.25, 0.3) is 0 Å². The van der Waals surface area contributed by atoms with E-state index in [9.17, 15) is 0 Å². The largest absolute Gasteiger partial charge is 0.354 e. The minimum Gasteiger partial charge on any atom is -0.354 e. The highest BCUT2D eigenvalue weighted by Gasteiger charge is 2.08. The molecule has 1 heterocycles. The monoisotopic (exact) mass is 244 g/mol. The third-order valence-electron chi connectivity index (χ3n) is 3.55. The summed E-state index contributed by atoms with van der Waals surface area (Å²) in [5, 5.41) is 2.27. The van der Waals surface area contributed by atoms with Gasteiger partial charge in [0.1, 0.15) is 0 Å². The molecule has 0 aliphatic heterocycles. The zero-order chi connectivity index (χ0) is 13.5. The van der Waals surface area contributed by atoms with Gasteiger partial charge in [0.2, 0.25) is 0 Å². The van der Waals surface area contributed by atoms with Crippen LogP contribution >= 0.6 is 0 Å². The van der Waals surface area contributed by atoms with E-state index in [2.05, 4.69) is 36.4 Å². The summed E-state index contributed by atoms with van der Waals surface area (Å²) in [5.74, 6) is 0. The molecule has 1 heteroatoms. The van der Waals surface area contributed by atoms with Crippen molar-refractivity contribution in [1.29, 1.82) is 0 Å². The SMILES string of the molecule is [2H]n1c2ccccc2c2cccc(-c3ccccc3)c21. The Kier molecular flexibility index (Phi) is 1.97. The highest BCUT2D eigenvalue weighted by atomic mass is 14.7. The Hall–Kier alpha value is -2.54. The lowest BCUT2D eigenvalue weighted by atomic mass is 10.0. The fourth-order valence-electron chi connectivity index (χ4n) is 2.65. The van der Waals surface area contributed by atoms with Crippen LogP contribution in [0.4, 0.5) is 0 Å². The van der Waals surface area contributed by atoms with E-state index in [-0.39, 0.29) is 0 Å². The number of hydrogen-bond donors (Lipinski definition) is 1. The van der Waals surface area contributed by atoms with Crippen molar-refractivity contribution in [2.75, 3.05) is 0 Å². The molecule has 0 saturated carbocycles. The predicted molar refractivity (Wildman–Crippen MR) is 81.2 cm³/mol. The third-order valence-corrected chi connectivity index (χ3v) is 3.55. The van der Waals surface area contributed by atoms with E-state index in [1.54, 1.807) is 4.98 Å². The molecule has 0 unspecified atom stereocenters. The minimum atomic E-state index is 0.950. The lowest BCUT2D eigenvalue weighted by molar-refractivity contribution is 1.53. The highest BCUT2D eigenvalue weighted by Crippen LogP contribution is 2.32. The number of fused-ring (bicyclic) bond motifs is 3. The van der Waals surface area contributed by atoms with Crippen LogP contribution in [-0.4, -0.2) is 4.98 Å². The fourth-order valence-corrected chi connectivity index (χ4v) is 2.65. The van der Waals surface area contributed by atoms with E-state index >= 15 is 0 Å². The molecular weight excluding hydrogens is 230 g/mol. The Morgan fingerprint density at radius 1 is 0.684 bits per heavy atom. The van der Waals surface area contributed by atoms with Gasteiger partial charge in [0, 0.05) is 21.9 Å². The first-order chi connectivity index (χ1) is 9.86. The number of aromatic amines is 1. The molecular formula is C18H13N. The van der Waals surface area contributed by atoms with Gasteiger partial charge in [0.05, 0.1) is 5.52 Å². The zero-order valence-corrected chi connectivity index (χ0v) is 10.4. The normalized spacial score (nSPS) is 11.9. The van der Waals surface area contributed by atoms with Gasteiger partial charge in [-0.25, -0.2) is 0 Å². The van der Waals surface area contributed by atoms with Gasteiger partial charge in [-0.05, 0) is 11.6 Å². The first kappa shape index (κ1) is 9.40. The van der Waals surface area contributed by atoms with Crippen molar-refractivity contribution in [1.82, 2.24) is 4.98 Å². The van der Waals surface area contributed by atoms with Crippen LogP contribution in [0.1, 0.15) is 0 Å². The van der Waals surface area contributed by atoms with Crippen LogP contribution in [0.15, 0.2) is 72.8 Å². The number of H-pyrrole nitrogens is 1. The number of aromatic nitrogens is 1. The molecule has 3 aromatic carbocycles. The molecule has 0 atom stereocenters. The predicted octanol–water partition coefficient (Wildman–Crippen LogP) is 4.99. The van der Waals surface area contributed by atoms with Crippen molar-refractivity contribution in [3.05, 3.63) is 72.8 Å². The molecule has 0 saturated heterocycles. The van der Waals surface area contributed by atoms with E-state index in [1.165, 1.54) is 0 Å². The number of hydrogen-bond acceptors (Lipinski definition) is 0. The van der Waals surface area contributed by atoms with Crippen LogP contribution < -0.4 is 0 Å². The second-order valence-corrected chi connectivity index (χ2v) is 4.70. The van der Waals surface area contributed by atoms with Gasteiger partial charge < -0.3 is 4.98 Å². The Labute approximate surface area is 113 Å². The number of para-hydroxylation sites is 2. The van der Waals surface area contributed by atoms with Gasteiger partial charge in [-0.2, -0.15) is 0 Å². The Balaban J connectivity index is 2.19. The maximum atomic E-state index is 8.42. The lowest BCUT2D eigenvalue weighted by Crippen LogP contribution is -1.79. The van der Waals surface area contributed by atoms with Crippen molar-refractivity contribution < 1.29 is 1.41 Å². The third kappa shape index (κ3) is 1.55. The highest BCUT2D eigenvalue weighted by molar-refractivity contribution is 6.11. The van der Waals surface area contributed by atoms with E-state index in [0.29, 0.717) is 0 Å². The molecule has 0 bridgehead atoms. The second kappa shape index (κ2) is 3.99. The molecule has 0 fully saturated rings. The zero-order valence-electron chi connectivity index (χ0n) is 11.4. The van der Waals surface area contributed by atoms with E-state index in [0.717, 1.165) is 32.9 Å². The molecule has 4 rings (SSSR count). The molecule has 4 aromatic rings. The van der Waals surface area contributed by atoms with Gasteiger partial charge in [0.15, 0.2) is 1.41 Å². The second-order valence-electron chi connectivity index (χ2n) is 4.70. The number of benzene rings is 3. The maximum Gasteiger partial charge on any atom is 0.167 e. The van der Waals surface area contributed by atoms with Crippen LogP contribution in [0.25, 0.3) is 32.9 Å². The summed E-state index contributed by atoms with van der Waals surface area (Å²) in [6.07, 6.45) is 0. The van der Waals surface area contributed by atoms with E-state index < -0.39 is 0 Å². The van der Waals surface area contributed by atoms with Crippen molar-refractivity contribution in [2.24, 2.45) is 0 Å². The van der Waals surface area contributed by atoms with Crippen molar-refractivity contribution >= 4 is 21.8 Å². The fraction of sp³-hybridized carbons (Fsp3) is 0. The minimum absolute atomic E-state index is 0.950. The Bertz CT molecular complexity index is 907. The Morgan fingerprint density at radius 3 is 2.32 bits per heavy atom. The topological polar surface area (TPSA) is 15.8 Å². The first-order valence-electron chi connectivity index (χ1n) is 6.88. The summed E-state index contributed by atoms with van der Waals surface area (Å²) in [5.41, 5.74) is 4.18. The molecule has 1 aromatic heterocycles. The quantitative estimate of drug-likeness (QED) is 0.485. The van der Waals surface area contributed by atoms with Crippen LogP contribution in [-0.2, 0) is 0 Å². The molecule has 1 N–H and O–H groups in total. The van der Waals surface area contributed by atoms with Gasteiger partial charge in [-0.3, -0.25) is 0 Å². The Morgan fingerprint density at radius 2 is 1.42 bits per heavy atom. The summed E-state index contributed by atoms with van der Waals surface area (Å²) >= 11 is 0. The summed E-state index contributed by atoms with van der Waals surface area (Å²) in [7, 11) is 0. The molecule has 19 heavy (non-hydrogen) atoms. The van der Waals surface area contributed by atoms with Crippen LogP contribution in [0.5, 0.6) is 0 Å².